The molecular formula is C40H23N3S. The van der Waals surface area contributed by atoms with Crippen LogP contribution in [-0.2, 0) is 0 Å². The normalized spacial score (nSPS) is 12.5. The molecule has 204 valence electrons. The molecule has 0 amide bonds. The lowest BCUT2D eigenvalue weighted by Crippen LogP contribution is -2.18. The Morgan fingerprint density at radius 1 is 0.477 bits per heavy atom. The van der Waals surface area contributed by atoms with Gasteiger partial charge in [-0.25, -0.2) is 9.97 Å². The fourth-order valence-corrected chi connectivity index (χ4v) is 8.20. The highest BCUT2D eigenvalue weighted by atomic mass is 32.1. The number of nitrogens with zero attached hydrogens (tertiary/aromatic N) is 3. The Kier molecular flexibility index (Phi) is 4.87. The van der Waals surface area contributed by atoms with E-state index in [9.17, 15) is 0 Å². The fourth-order valence-electron chi connectivity index (χ4n) is 6.98. The topological polar surface area (TPSA) is 29.0 Å². The van der Waals surface area contributed by atoms with E-state index in [1.165, 1.54) is 52.8 Å². The van der Waals surface area contributed by atoms with Crippen molar-refractivity contribution in [3.05, 3.63) is 140 Å². The van der Waals surface area contributed by atoms with Crippen LogP contribution in [0.4, 0.5) is 17.2 Å². The van der Waals surface area contributed by atoms with E-state index < -0.39 is 0 Å². The van der Waals surface area contributed by atoms with E-state index in [0.29, 0.717) is 0 Å². The van der Waals surface area contributed by atoms with Gasteiger partial charge in [0, 0.05) is 36.7 Å². The highest BCUT2D eigenvalue weighted by molar-refractivity contribution is 7.26. The maximum Gasteiger partial charge on any atom is 0.165 e. The second kappa shape index (κ2) is 8.96. The average Bonchev–Trinajstić information content (AvgIpc) is 3.46. The molecule has 44 heavy (non-hydrogen) atoms. The standard InChI is InChI=1S/C40H23N3S/c1-2-11-26-23-35-31(22-25(26)10-1)28-15-7-12-24-13-8-20-34(37(24)28)43(35)40-38(41-32-18-4-5-19-33(32)42-40)30-17-9-16-29-27-14-3-6-21-36(27)44-39(29)30/h1-23H. The minimum atomic E-state index is 0.840. The first kappa shape index (κ1) is 23.9. The zero-order chi connectivity index (χ0) is 28.8. The summed E-state index contributed by atoms with van der Waals surface area (Å²) in [4.78, 5) is 13.2. The summed E-state index contributed by atoms with van der Waals surface area (Å²) in [6.45, 7) is 0. The van der Waals surface area contributed by atoms with Crippen molar-refractivity contribution in [3.63, 3.8) is 0 Å². The molecule has 3 heterocycles. The third-order valence-electron chi connectivity index (χ3n) is 8.94. The maximum atomic E-state index is 5.44. The first-order valence-electron chi connectivity index (χ1n) is 14.8. The maximum absolute atomic E-state index is 5.44. The van der Waals surface area contributed by atoms with Crippen LogP contribution in [0.15, 0.2) is 140 Å². The Balaban J connectivity index is 1.36. The summed E-state index contributed by atoms with van der Waals surface area (Å²) in [5.41, 5.74) is 8.44. The van der Waals surface area contributed by atoms with Crippen molar-refractivity contribution < 1.29 is 0 Å². The first-order valence-corrected chi connectivity index (χ1v) is 15.7. The van der Waals surface area contributed by atoms with Gasteiger partial charge in [0.15, 0.2) is 5.82 Å². The van der Waals surface area contributed by atoms with Gasteiger partial charge in [0.25, 0.3) is 0 Å². The van der Waals surface area contributed by atoms with Crippen molar-refractivity contribution >= 4 is 81.3 Å². The van der Waals surface area contributed by atoms with Crippen LogP contribution in [0.2, 0.25) is 0 Å². The van der Waals surface area contributed by atoms with Crippen LogP contribution in [0.3, 0.4) is 0 Å². The Labute approximate surface area is 257 Å². The lowest BCUT2D eigenvalue weighted by molar-refractivity contribution is 1.18. The third kappa shape index (κ3) is 3.31. The van der Waals surface area contributed by atoms with E-state index in [2.05, 4.69) is 132 Å². The van der Waals surface area contributed by atoms with Gasteiger partial charge in [-0.3, -0.25) is 4.90 Å². The predicted octanol–water partition coefficient (Wildman–Crippen LogP) is 11.4. The molecule has 1 aliphatic rings. The molecule has 9 aromatic rings. The Morgan fingerprint density at radius 2 is 1.14 bits per heavy atom. The van der Waals surface area contributed by atoms with Crippen LogP contribution in [0, 0.1) is 0 Å². The van der Waals surface area contributed by atoms with E-state index in [4.69, 9.17) is 9.97 Å². The summed E-state index contributed by atoms with van der Waals surface area (Å²) in [6, 6.07) is 50.0. The minimum absolute atomic E-state index is 0.840. The van der Waals surface area contributed by atoms with Crippen LogP contribution in [0.5, 0.6) is 0 Å². The number of hydrogen-bond donors (Lipinski definition) is 0. The summed E-state index contributed by atoms with van der Waals surface area (Å²) >= 11 is 1.83. The molecule has 0 fully saturated rings. The van der Waals surface area contributed by atoms with Gasteiger partial charge < -0.3 is 0 Å². The molecule has 7 aromatic carbocycles. The molecule has 0 aliphatic carbocycles. The molecule has 0 saturated heterocycles. The van der Waals surface area contributed by atoms with Crippen molar-refractivity contribution in [2.45, 2.75) is 0 Å². The summed E-state index contributed by atoms with van der Waals surface area (Å²) in [5, 5.41) is 7.40. The smallest absolute Gasteiger partial charge is 0.165 e. The number of thiophene rings is 1. The van der Waals surface area contributed by atoms with Crippen LogP contribution < -0.4 is 4.90 Å². The van der Waals surface area contributed by atoms with Gasteiger partial charge >= 0.3 is 0 Å². The number of anilines is 3. The highest BCUT2D eigenvalue weighted by Gasteiger charge is 2.30. The molecule has 0 radical (unpaired) electrons. The van der Waals surface area contributed by atoms with Gasteiger partial charge in [-0.15, -0.1) is 11.3 Å². The van der Waals surface area contributed by atoms with Crippen LogP contribution in [0.1, 0.15) is 0 Å². The van der Waals surface area contributed by atoms with Crippen molar-refractivity contribution in [2.24, 2.45) is 0 Å². The second-order valence-corrected chi connectivity index (χ2v) is 12.4. The molecule has 2 aromatic heterocycles. The summed E-state index contributed by atoms with van der Waals surface area (Å²) in [5.74, 6) is 0.840. The predicted molar refractivity (Wildman–Crippen MR) is 187 cm³/mol. The van der Waals surface area contributed by atoms with E-state index >= 15 is 0 Å². The second-order valence-electron chi connectivity index (χ2n) is 11.4. The van der Waals surface area contributed by atoms with E-state index in [0.717, 1.165) is 39.5 Å². The largest absolute Gasteiger partial charge is 0.292 e. The molecule has 0 atom stereocenters. The zero-order valence-electron chi connectivity index (χ0n) is 23.5. The summed E-state index contributed by atoms with van der Waals surface area (Å²) < 4.78 is 2.51. The molecule has 0 saturated carbocycles. The number of hydrogen-bond acceptors (Lipinski definition) is 4. The summed E-state index contributed by atoms with van der Waals surface area (Å²) in [6.07, 6.45) is 0. The summed E-state index contributed by atoms with van der Waals surface area (Å²) in [7, 11) is 0. The molecule has 1 aliphatic heterocycles. The quantitative estimate of drug-likeness (QED) is 0.205. The van der Waals surface area contributed by atoms with Crippen molar-refractivity contribution in [1.29, 1.82) is 0 Å². The van der Waals surface area contributed by atoms with Crippen molar-refractivity contribution in [2.75, 3.05) is 4.90 Å². The molecule has 0 bridgehead atoms. The van der Waals surface area contributed by atoms with E-state index in [1.807, 2.05) is 23.5 Å². The van der Waals surface area contributed by atoms with Gasteiger partial charge in [-0.2, -0.15) is 0 Å². The van der Waals surface area contributed by atoms with Gasteiger partial charge in [-0.1, -0.05) is 103 Å². The number of benzene rings is 7. The van der Waals surface area contributed by atoms with Crippen molar-refractivity contribution in [1.82, 2.24) is 9.97 Å². The molecule has 3 nitrogen and oxygen atoms in total. The van der Waals surface area contributed by atoms with Crippen LogP contribution in [0.25, 0.3) is 75.1 Å². The minimum Gasteiger partial charge on any atom is -0.292 e. The highest BCUT2D eigenvalue weighted by Crippen LogP contribution is 2.53. The number of rotatable bonds is 2. The number of fused-ring (bicyclic) bond motifs is 7. The molecule has 10 rings (SSSR count). The Hall–Kier alpha value is -5.58. The zero-order valence-corrected chi connectivity index (χ0v) is 24.3. The van der Waals surface area contributed by atoms with Crippen LogP contribution >= 0.6 is 11.3 Å². The third-order valence-corrected chi connectivity index (χ3v) is 10.2. The average molecular weight is 578 g/mol. The van der Waals surface area contributed by atoms with E-state index in [-0.39, 0.29) is 0 Å². The monoisotopic (exact) mass is 577 g/mol. The van der Waals surface area contributed by atoms with Crippen LogP contribution in [-0.4, -0.2) is 9.97 Å². The molecule has 0 unspecified atom stereocenters. The SMILES string of the molecule is c1ccc2cc3c(cc2c1)-c1cccc2cccc(c12)N3c1nc2ccccc2nc1-c1cccc2c1sc1ccccc12. The van der Waals surface area contributed by atoms with Gasteiger partial charge in [0.1, 0.15) is 5.69 Å². The lowest BCUT2D eigenvalue weighted by atomic mass is 9.89. The Bertz CT molecular complexity index is 2630. The molecule has 0 spiro atoms. The van der Waals surface area contributed by atoms with Gasteiger partial charge in [0.05, 0.1) is 22.4 Å². The van der Waals surface area contributed by atoms with Gasteiger partial charge in [0.2, 0.25) is 0 Å². The molecule has 0 N–H and O–H groups in total. The fraction of sp³-hybridized carbons (Fsp3) is 0. The van der Waals surface area contributed by atoms with Crippen molar-refractivity contribution in [3.8, 4) is 22.4 Å². The number of aromatic nitrogens is 2. The lowest BCUT2D eigenvalue weighted by Gasteiger charge is -2.34. The number of para-hydroxylation sites is 2. The first-order chi connectivity index (χ1) is 21.8. The van der Waals surface area contributed by atoms with E-state index in [1.54, 1.807) is 0 Å². The molecule has 4 heteroatoms. The Morgan fingerprint density at radius 3 is 2.02 bits per heavy atom. The molecular weight excluding hydrogens is 555 g/mol. The van der Waals surface area contributed by atoms with Gasteiger partial charge in [-0.05, 0) is 58.1 Å².